The Balaban J connectivity index is 1.56. The van der Waals surface area contributed by atoms with Crippen LogP contribution in [-0.2, 0) is 9.59 Å². The number of fused-ring (bicyclic) bond motifs is 1. The van der Waals surface area contributed by atoms with Crippen molar-refractivity contribution in [3.63, 3.8) is 0 Å². The average molecular weight is 290 g/mol. The van der Waals surface area contributed by atoms with E-state index in [1.54, 1.807) is 0 Å². The van der Waals surface area contributed by atoms with Crippen molar-refractivity contribution in [3.05, 3.63) is 0 Å². The second-order valence-corrected chi connectivity index (χ2v) is 7.04. The van der Waals surface area contributed by atoms with Crippen LogP contribution in [0.1, 0.15) is 26.7 Å². The molecular formula is C15H22N4O2. The van der Waals surface area contributed by atoms with Crippen LogP contribution in [0.25, 0.3) is 0 Å². The molecule has 0 bridgehead atoms. The second kappa shape index (κ2) is 4.99. The zero-order valence-corrected chi connectivity index (χ0v) is 12.5. The quantitative estimate of drug-likeness (QED) is 0.666. The third-order valence-electron chi connectivity index (χ3n) is 5.49. The average Bonchev–Trinajstić information content (AvgIpc) is 2.84. The summed E-state index contributed by atoms with van der Waals surface area (Å²) in [6.07, 6.45) is 1.14. The first-order valence-electron chi connectivity index (χ1n) is 7.66. The molecule has 4 unspecified atom stereocenters. The lowest BCUT2D eigenvalue weighted by Crippen LogP contribution is -2.48. The number of carbonyl (C=O) groups excluding carboxylic acids is 2. The molecule has 2 saturated heterocycles. The standard InChI is InChI=1S/C15H22N4O2/c1-15(2)10-7-18-12(11(10)15)14(21)19-9(6-16)5-8-3-4-17-13(8)20/h8-12,18H,3-5,7H2,1-2H3,(H,17,20)(H,19,21)/t8-,9?,10?,11?,12?/m0/s1. The van der Waals surface area contributed by atoms with Gasteiger partial charge in [0.2, 0.25) is 11.8 Å². The molecule has 2 aliphatic heterocycles. The van der Waals surface area contributed by atoms with Crippen LogP contribution >= 0.6 is 0 Å². The minimum Gasteiger partial charge on any atom is -0.356 e. The molecule has 5 atom stereocenters. The molecule has 2 amide bonds. The van der Waals surface area contributed by atoms with Crippen LogP contribution in [0.2, 0.25) is 0 Å². The molecule has 3 aliphatic rings. The van der Waals surface area contributed by atoms with E-state index in [0.29, 0.717) is 24.8 Å². The van der Waals surface area contributed by atoms with E-state index < -0.39 is 6.04 Å². The van der Waals surface area contributed by atoms with Crippen LogP contribution < -0.4 is 16.0 Å². The van der Waals surface area contributed by atoms with E-state index in [1.807, 2.05) is 0 Å². The highest BCUT2D eigenvalue weighted by Gasteiger charge is 2.65. The molecule has 2 heterocycles. The van der Waals surface area contributed by atoms with Crippen molar-refractivity contribution in [2.75, 3.05) is 13.1 Å². The van der Waals surface area contributed by atoms with Crippen LogP contribution in [-0.4, -0.2) is 37.0 Å². The van der Waals surface area contributed by atoms with Crippen molar-refractivity contribution in [1.82, 2.24) is 16.0 Å². The number of amides is 2. The Morgan fingerprint density at radius 2 is 2.33 bits per heavy atom. The van der Waals surface area contributed by atoms with Crippen molar-refractivity contribution >= 4 is 11.8 Å². The lowest BCUT2D eigenvalue weighted by atomic mass is 9.98. The van der Waals surface area contributed by atoms with Gasteiger partial charge in [-0.25, -0.2) is 0 Å². The van der Waals surface area contributed by atoms with Gasteiger partial charge in [0.25, 0.3) is 0 Å². The number of nitriles is 1. The first kappa shape index (κ1) is 14.3. The zero-order valence-electron chi connectivity index (χ0n) is 12.5. The first-order valence-corrected chi connectivity index (χ1v) is 7.66. The maximum absolute atomic E-state index is 12.4. The monoisotopic (exact) mass is 290 g/mol. The normalized spacial score (nSPS) is 37.3. The highest BCUT2D eigenvalue weighted by molar-refractivity contribution is 5.84. The molecule has 3 fully saturated rings. The number of nitrogens with one attached hydrogen (secondary N) is 3. The molecule has 3 N–H and O–H groups in total. The van der Waals surface area contributed by atoms with Crippen LogP contribution in [0.5, 0.6) is 0 Å². The van der Waals surface area contributed by atoms with Gasteiger partial charge in [-0.2, -0.15) is 5.26 Å². The molecule has 3 rings (SSSR count). The lowest BCUT2D eigenvalue weighted by molar-refractivity contribution is -0.125. The minimum absolute atomic E-state index is 0.00752. The fraction of sp³-hybridized carbons (Fsp3) is 0.800. The Kier molecular flexibility index (Phi) is 3.40. The fourth-order valence-corrected chi connectivity index (χ4v) is 4.03. The summed E-state index contributed by atoms with van der Waals surface area (Å²) in [6.45, 7) is 5.91. The number of hydrogen-bond donors (Lipinski definition) is 3. The van der Waals surface area contributed by atoms with Gasteiger partial charge in [0.15, 0.2) is 0 Å². The third-order valence-corrected chi connectivity index (χ3v) is 5.49. The molecule has 0 aromatic rings. The Morgan fingerprint density at radius 3 is 2.86 bits per heavy atom. The SMILES string of the molecule is CC1(C)C2CNC(C(=O)NC(C#N)C[C@@H]3CCNC3=O)C21. The van der Waals surface area contributed by atoms with E-state index in [-0.39, 0.29) is 29.2 Å². The van der Waals surface area contributed by atoms with Gasteiger partial charge in [0.05, 0.1) is 12.1 Å². The lowest BCUT2D eigenvalue weighted by Gasteiger charge is -2.21. The summed E-state index contributed by atoms with van der Waals surface area (Å²) in [4.78, 5) is 23.9. The predicted molar refractivity (Wildman–Crippen MR) is 75.8 cm³/mol. The van der Waals surface area contributed by atoms with Gasteiger partial charge in [-0.3, -0.25) is 9.59 Å². The van der Waals surface area contributed by atoms with Gasteiger partial charge >= 0.3 is 0 Å². The maximum atomic E-state index is 12.4. The molecule has 6 heteroatoms. The Morgan fingerprint density at radius 1 is 1.57 bits per heavy atom. The number of hydrogen-bond acceptors (Lipinski definition) is 4. The van der Waals surface area contributed by atoms with Crippen LogP contribution in [0, 0.1) is 34.5 Å². The van der Waals surface area contributed by atoms with E-state index in [1.165, 1.54) is 0 Å². The molecule has 0 aromatic heterocycles. The molecular weight excluding hydrogens is 268 g/mol. The summed E-state index contributed by atoms with van der Waals surface area (Å²) in [5.41, 5.74) is 0.223. The van der Waals surface area contributed by atoms with E-state index in [4.69, 9.17) is 0 Å². The van der Waals surface area contributed by atoms with Gasteiger partial charge in [0, 0.05) is 12.5 Å². The van der Waals surface area contributed by atoms with E-state index in [2.05, 4.69) is 35.9 Å². The molecule has 0 radical (unpaired) electrons. The van der Waals surface area contributed by atoms with Crippen molar-refractivity contribution in [2.24, 2.45) is 23.2 Å². The third kappa shape index (κ3) is 2.40. The molecule has 1 saturated carbocycles. The van der Waals surface area contributed by atoms with Gasteiger partial charge < -0.3 is 16.0 Å². The molecule has 0 spiro atoms. The largest absolute Gasteiger partial charge is 0.356 e. The molecule has 6 nitrogen and oxygen atoms in total. The van der Waals surface area contributed by atoms with E-state index >= 15 is 0 Å². The predicted octanol–water partition coefficient (Wildman–Crippen LogP) is -0.235. The summed E-state index contributed by atoms with van der Waals surface area (Å²) >= 11 is 0. The molecule has 21 heavy (non-hydrogen) atoms. The highest BCUT2D eigenvalue weighted by atomic mass is 16.2. The van der Waals surface area contributed by atoms with Gasteiger partial charge in [-0.15, -0.1) is 0 Å². The smallest absolute Gasteiger partial charge is 0.238 e. The van der Waals surface area contributed by atoms with E-state index in [0.717, 1.165) is 13.0 Å². The number of rotatable bonds is 4. The van der Waals surface area contributed by atoms with Crippen LogP contribution in [0.15, 0.2) is 0 Å². The van der Waals surface area contributed by atoms with E-state index in [9.17, 15) is 14.9 Å². The van der Waals surface area contributed by atoms with Gasteiger partial charge in [-0.1, -0.05) is 13.8 Å². The number of nitrogens with zero attached hydrogens (tertiary/aromatic N) is 1. The van der Waals surface area contributed by atoms with Crippen molar-refractivity contribution in [3.8, 4) is 6.07 Å². The zero-order chi connectivity index (χ0) is 15.2. The number of carbonyl (C=O) groups is 2. The summed E-state index contributed by atoms with van der Waals surface area (Å²) in [5, 5.41) is 18.0. The molecule has 114 valence electrons. The first-order chi connectivity index (χ1) is 9.95. The number of piperidine rings is 1. The van der Waals surface area contributed by atoms with Crippen molar-refractivity contribution in [2.45, 2.75) is 38.8 Å². The van der Waals surface area contributed by atoms with Gasteiger partial charge in [-0.05, 0) is 36.6 Å². The van der Waals surface area contributed by atoms with Crippen LogP contribution in [0.3, 0.4) is 0 Å². The summed E-state index contributed by atoms with van der Waals surface area (Å²) < 4.78 is 0. The van der Waals surface area contributed by atoms with Crippen molar-refractivity contribution in [1.29, 1.82) is 5.26 Å². The molecule has 0 aromatic carbocycles. The van der Waals surface area contributed by atoms with Crippen LogP contribution in [0.4, 0.5) is 0 Å². The second-order valence-electron chi connectivity index (χ2n) is 7.04. The summed E-state index contributed by atoms with van der Waals surface area (Å²) in [7, 11) is 0. The summed E-state index contributed by atoms with van der Waals surface area (Å²) in [5.74, 6) is 0.669. The molecule has 1 aliphatic carbocycles. The topological polar surface area (TPSA) is 94.0 Å². The minimum atomic E-state index is -0.589. The maximum Gasteiger partial charge on any atom is 0.238 e. The Hall–Kier alpha value is -1.61. The fourth-order valence-electron chi connectivity index (χ4n) is 4.03. The summed E-state index contributed by atoms with van der Waals surface area (Å²) in [6, 6.07) is 1.33. The van der Waals surface area contributed by atoms with Crippen molar-refractivity contribution < 1.29 is 9.59 Å². The Labute approximate surface area is 124 Å². The highest BCUT2D eigenvalue weighted by Crippen LogP contribution is 2.62. The van der Waals surface area contributed by atoms with Gasteiger partial charge in [0.1, 0.15) is 6.04 Å². The Bertz CT molecular complexity index is 510.